The van der Waals surface area contributed by atoms with E-state index in [2.05, 4.69) is 4.10 Å². The zero-order chi connectivity index (χ0) is 7.71. The Morgan fingerprint density at radius 1 is 1.33 bits per heavy atom. The molecule has 0 radical (unpaired) electrons. The predicted octanol–water partition coefficient (Wildman–Crippen LogP) is -0.599. The lowest BCUT2D eigenvalue weighted by atomic mass is 10.6. The van der Waals surface area contributed by atoms with Gasteiger partial charge in [-0.05, 0) is 0 Å². The fourth-order valence-electron chi connectivity index (χ4n) is 0.0945. The van der Waals surface area contributed by atoms with E-state index in [1.807, 2.05) is 0 Å². The van der Waals surface area contributed by atoms with Gasteiger partial charge in [0.1, 0.15) is 0 Å². The molecule has 0 aliphatic heterocycles. The highest BCUT2D eigenvalue weighted by atomic mass is 32.2. The molecule has 0 aliphatic carbocycles. The summed E-state index contributed by atoms with van der Waals surface area (Å²) in [6.45, 7) is 0. The topological polar surface area (TPSA) is 43.4 Å². The third kappa shape index (κ3) is 1.86. The van der Waals surface area contributed by atoms with Crippen molar-refractivity contribution in [3.63, 3.8) is 0 Å². The lowest BCUT2D eigenvalue weighted by Gasteiger charge is -2.03. The molecule has 54 valence electrons. The summed E-state index contributed by atoms with van der Waals surface area (Å²) < 4.78 is 55.9. The van der Waals surface area contributed by atoms with Gasteiger partial charge in [0.25, 0.3) is 8.05 Å². The van der Waals surface area contributed by atoms with Gasteiger partial charge in [-0.15, -0.1) is 0 Å². The van der Waals surface area contributed by atoms with Crippen molar-refractivity contribution in [1.82, 2.24) is 0 Å². The van der Waals surface area contributed by atoms with Crippen LogP contribution >= 0.6 is 0 Å². The molecule has 0 rings (SSSR count). The fourth-order valence-corrected chi connectivity index (χ4v) is 0.283. The fraction of sp³-hybridized carbons (Fsp3) is 1.00. The van der Waals surface area contributed by atoms with Gasteiger partial charge in [0, 0.05) is 0 Å². The highest BCUT2D eigenvalue weighted by Crippen LogP contribution is 2.23. The molecule has 0 atom stereocenters. The third-order valence-corrected chi connectivity index (χ3v) is 1.51. The number of alkyl halides is 3. The molecule has 0 bridgehead atoms. The van der Waals surface area contributed by atoms with Gasteiger partial charge in [0.2, 0.25) is 0 Å². The van der Waals surface area contributed by atoms with Crippen LogP contribution in [0.1, 0.15) is 0 Å². The summed E-state index contributed by atoms with van der Waals surface area (Å²) in [7, 11) is -4.89. The average molecular weight is 162 g/mol. The standard InChI is InChI=1S/CH2BF3O3S/c2-8-9(6,7)1(3,4)5/h2H2. The summed E-state index contributed by atoms with van der Waals surface area (Å²) in [5, 5.41) is 0. The molecule has 0 fully saturated rings. The molecular weight excluding hydrogens is 160 g/mol. The SMILES string of the molecule is BOS(=O)(=O)C(F)(F)F. The van der Waals surface area contributed by atoms with Gasteiger partial charge in [-0.2, -0.15) is 21.6 Å². The molecule has 0 aromatic rings. The Morgan fingerprint density at radius 3 is 1.67 bits per heavy atom. The first-order valence-corrected chi connectivity index (χ1v) is 3.09. The molecule has 0 unspecified atom stereocenters. The van der Waals surface area contributed by atoms with Crippen molar-refractivity contribution in [3.05, 3.63) is 0 Å². The summed E-state index contributed by atoms with van der Waals surface area (Å²) >= 11 is 0. The van der Waals surface area contributed by atoms with Gasteiger partial charge in [-0.3, -0.25) is 0 Å². The Kier molecular flexibility index (Phi) is 2.12. The van der Waals surface area contributed by atoms with E-state index in [0.29, 0.717) is 8.05 Å². The quantitative estimate of drug-likeness (QED) is 0.382. The van der Waals surface area contributed by atoms with Crippen LogP contribution in [-0.4, -0.2) is 22.0 Å². The van der Waals surface area contributed by atoms with Crippen LogP contribution in [0.2, 0.25) is 0 Å². The summed E-state index contributed by atoms with van der Waals surface area (Å²) in [5.74, 6) is 0. The first-order chi connectivity index (χ1) is 3.81. The van der Waals surface area contributed by atoms with Crippen LogP contribution in [0.25, 0.3) is 0 Å². The largest absolute Gasteiger partial charge is 0.521 e. The van der Waals surface area contributed by atoms with Gasteiger partial charge in [-0.1, -0.05) is 0 Å². The normalized spacial score (nSPS) is 13.7. The van der Waals surface area contributed by atoms with Crippen LogP contribution in [0.5, 0.6) is 0 Å². The van der Waals surface area contributed by atoms with Crippen molar-refractivity contribution in [2.24, 2.45) is 0 Å². The van der Waals surface area contributed by atoms with Crippen LogP contribution in [0.4, 0.5) is 13.2 Å². The van der Waals surface area contributed by atoms with Crippen molar-refractivity contribution in [2.75, 3.05) is 0 Å². The summed E-state index contributed by atoms with van der Waals surface area (Å²) in [4.78, 5) is 0. The van der Waals surface area contributed by atoms with E-state index in [4.69, 9.17) is 0 Å². The zero-order valence-electron chi connectivity index (χ0n) is 4.27. The molecule has 0 saturated heterocycles. The minimum Gasteiger partial charge on any atom is -0.337 e. The number of hydrogen-bond acceptors (Lipinski definition) is 3. The molecule has 0 aliphatic rings. The van der Waals surface area contributed by atoms with Crippen LogP contribution < -0.4 is 0 Å². The highest BCUT2D eigenvalue weighted by Gasteiger charge is 2.45. The number of halogens is 3. The molecule has 0 aromatic heterocycles. The van der Waals surface area contributed by atoms with Gasteiger partial charge < -0.3 is 4.10 Å². The molecular formula is CH2BF3O3S. The molecule has 0 N–H and O–H groups in total. The molecule has 0 aromatic carbocycles. The molecule has 9 heavy (non-hydrogen) atoms. The minimum atomic E-state index is -5.34. The molecule has 8 heteroatoms. The lowest BCUT2D eigenvalue weighted by Crippen LogP contribution is -2.24. The van der Waals surface area contributed by atoms with Gasteiger partial charge in [0.05, 0.1) is 0 Å². The third-order valence-electron chi connectivity index (χ3n) is 0.503. The Hall–Kier alpha value is -0.235. The predicted molar refractivity (Wildman–Crippen MR) is 24.6 cm³/mol. The lowest BCUT2D eigenvalue weighted by molar-refractivity contribution is -0.0497. The first-order valence-electron chi connectivity index (χ1n) is 1.68. The molecule has 0 spiro atoms. The molecule has 0 saturated carbocycles. The van der Waals surface area contributed by atoms with E-state index in [1.54, 1.807) is 0 Å². The van der Waals surface area contributed by atoms with E-state index in [1.165, 1.54) is 0 Å². The Morgan fingerprint density at radius 2 is 1.67 bits per heavy atom. The monoisotopic (exact) mass is 162 g/mol. The Labute approximate surface area is 50.4 Å². The van der Waals surface area contributed by atoms with E-state index >= 15 is 0 Å². The second-order valence-corrected chi connectivity index (χ2v) is 2.77. The van der Waals surface area contributed by atoms with Crippen LogP contribution in [0.3, 0.4) is 0 Å². The Bertz CT molecular complexity index is 180. The van der Waals surface area contributed by atoms with E-state index in [-0.39, 0.29) is 0 Å². The molecule has 3 nitrogen and oxygen atoms in total. The highest BCUT2D eigenvalue weighted by molar-refractivity contribution is 7.88. The van der Waals surface area contributed by atoms with Crippen LogP contribution in [0, 0.1) is 0 Å². The van der Waals surface area contributed by atoms with Crippen molar-refractivity contribution >= 4 is 18.2 Å². The second kappa shape index (κ2) is 2.18. The van der Waals surface area contributed by atoms with Crippen molar-refractivity contribution in [1.29, 1.82) is 0 Å². The van der Waals surface area contributed by atoms with Crippen molar-refractivity contribution in [2.45, 2.75) is 5.51 Å². The smallest absolute Gasteiger partial charge is 0.337 e. The van der Waals surface area contributed by atoms with Gasteiger partial charge in [-0.25, -0.2) is 0 Å². The van der Waals surface area contributed by atoms with Crippen LogP contribution in [0.15, 0.2) is 0 Å². The molecule has 0 amide bonds. The van der Waals surface area contributed by atoms with E-state index < -0.39 is 15.6 Å². The maximum Gasteiger partial charge on any atom is 0.521 e. The van der Waals surface area contributed by atoms with E-state index in [0.717, 1.165) is 0 Å². The van der Waals surface area contributed by atoms with Gasteiger partial charge in [0.15, 0.2) is 0 Å². The van der Waals surface area contributed by atoms with Crippen LogP contribution in [-0.2, 0) is 14.2 Å². The molecule has 0 heterocycles. The summed E-state index contributed by atoms with van der Waals surface area (Å²) in [6, 6.07) is 0. The number of rotatable bonds is 1. The van der Waals surface area contributed by atoms with Crippen molar-refractivity contribution in [3.8, 4) is 0 Å². The van der Waals surface area contributed by atoms with E-state index in [9.17, 15) is 21.6 Å². The first kappa shape index (κ1) is 8.76. The second-order valence-electron chi connectivity index (χ2n) is 1.07. The summed E-state index contributed by atoms with van der Waals surface area (Å²) in [6.07, 6.45) is 0. The summed E-state index contributed by atoms with van der Waals surface area (Å²) in [5.41, 5.74) is -5.30. The Balaban J connectivity index is 4.57. The maximum absolute atomic E-state index is 11.1. The number of hydrogen-bond donors (Lipinski definition) is 0. The maximum atomic E-state index is 11.1. The zero-order valence-corrected chi connectivity index (χ0v) is 5.08. The van der Waals surface area contributed by atoms with Crippen molar-refractivity contribution < 1.29 is 25.7 Å². The average Bonchev–Trinajstić information content (AvgIpc) is 1.64. The minimum absolute atomic E-state index is 0.447. The van der Waals surface area contributed by atoms with Gasteiger partial charge >= 0.3 is 15.6 Å².